The number of fused-ring (bicyclic) bond motifs is 1. The lowest BCUT2D eigenvalue weighted by molar-refractivity contribution is -0.133. The Bertz CT molecular complexity index is 902. The van der Waals surface area contributed by atoms with Gasteiger partial charge < -0.3 is 4.90 Å². The standard InChI is InChI=1S/C18H16FN3OS/c1-22(11-12-2-7-15-16(10-12)21-24-20-15)17(23)18(8-9-18)13-3-5-14(19)6-4-13/h2-7,10H,8-9,11H2,1H3. The molecule has 1 fully saturated rings. The van der Waals surface area contributed by atoms with Crippen LogP contribution in [0, 0.1) is 5.82 Å². The molecule has 0 N–H and O–H groups in total. The molecule has 1 saturated carbocycles. The van der Waals surface area contributed by atoms with E-state index in [1.807, 2.05) is 25.2 Å². The van der Waals surface area contributed by atoms with Crippen LogP contribution in [0.1, 0.15) is 24.0 Å². The Morgan fingerprint density at radius 2 is 1.88 bits per heavy atom. The van der Waals surface area contributed by atoms with E-state index in [0.29, 0.717) is 6.54 Å². The molecule has 1 aliphatic carbocycles. The normalized spacial score (nSPS) is 15.4. The van der Waals surface area contributed by atoms with Crippen LogP contribution in [0.15, 0.2) is 42.5 Å². The van der Waals surface area contributed by atoms with Crippen LogP contribution >= 0.6 is 11.7 Å². The summed E-state index contributed by atoms with van der Waals surface area (Å²) < 4.78 is 21.6. The predicted octanol–water partition coefficient (Wildman–Crippen LogP) is 3.52. The van der Waals surface area contributed by atoms with Crippen molar-refractivity contribution in [2.24, 2.45) is 0 Å². The Balaban J connectivity index is 1.54. The van der Waals surface area contributed by atoms with Gasteiger partial charge in [-0.15, -0.1) is 0 Å². The molecule has 1 amide bonds. The zero-order valence-corrected chi connectivity index (χ0v) is 14.0. The minimum Gasteiger partial charge on any atom is -0.341 e. The van der Waals surface area contributed by atoms with Gasteiger partial charge in [-0.25, -0.2) is 4.39 Å². The van der Waals surface area contributed by atoms with Crippen LogP contribution < -0.4 is 0 Å². The van der Waals surface area contributed by atoms with Gasteiger partial charge in [0.1, 0.15) is 16.9 Å². The molecule has 0 atom stereocenters. The molecule has 0 radical (unpaired) electrons. The second-order valence-electron chi connectivity index (χ2n) is 6.34. The Morgan fingerprint density at radius 1 is 1.17 bits per heavy atom. The Hall–Kier alpha value is -2.34. The SMILES string of the molecule is CN(Cc1ccc2nsnc2c1)C(=O)C1(c2ccc(F)cc2)CC1. The van der Waals surface area contributed by atoms with Gasteiger partial charge in [0.2, 0.25) is 5.91 Å². The summed E-state index contributed by atoms with van der Waals surface area (Å²) in [5, 5.41) is 0. The molecule has 4 nitrogen and oxygen atoms in total. The molecule has 1 aromatic heterocycles. The molecule has 1 aliphatic rings. The van der Waals surface area contributed by atoms with Crippen molar-refractivity contribution >= 4 is 28.7 Å². The topological polar surface area (TPSA) is 46.1 Å². The summed E-state index contributed by atoms with van der Waals surface area (Å²) in [6.45, 7) is 0.523. The Morgan fingerprint density at radius 3 is 2.58 bits per heavy atom. The van der Waals surface area contributed by atoms with E-state index in [0.717, 1.165) is 35.0 Å². The minimum absolute atomic E-state index is 0.0885. The van der Waals surface area contributed by atoms with Gasteiger partial charge in [0, 0.05) is 13.6 Å². The molecule has 122 valence electrons. The number of carbonyl (C=O) groups is 1. The van der Waals surface area contributed by atoms with E-state index < -0.39 is 5.41 Å². The maximum absolute atomic E-state index is 13.1. The van der Waals surface area contributed by atoms with Crippen molar-refractivity contribution in [1.82, 2.24) is 13.6 Å². The van der Waals surface area contributed by atoms with Crippen molar-refractivity contribution in [2.75, 3.05) is 7.05 Å². The van der Waals surface area contributed by atoms with Gasteiger partial charge in [-0.1, -0.05) is 18.2 Å². The third kappa shape index (κ3) is 2.57. The van der Waals surface area contributed by atoms with Crippen molar-refractivity contribution in [3.05, 3.63) is 59.4 Å². The maximum Gasteiger partial charge on any atom is 0.233 e. The van der Waals surface area contributed by atoms with Gasteiger partial charge in [-0.3, -0.25) is 4.79 Å². The first kappa shape index (κ1) is 15.2. The smallest absolute Gasteiger partial charge is 0.233 e. The number of amides is 1. The summed E-state index contributed by atoms with van der Waals surface area (Å²) in [5.74, 6) is -0.189. The lowest BCUT2D eigenvalue weighted by atomic mass is 9.94. The molecule has 0 saturated heterocycles. The lowest BCUT2D eigenvalue weighted by Crippen LogP contribution is -2.36. The van der Waals surface area contributed by atoms with E-state index in [9.17, 15) is 9.18 Å². The summed E-state index contributed by atoms with van der Waals surface area (Å²) >= 11 is 1.19. The largest absolute Gasteiger partial charge is 0.341 e. The zero-order chi connectivity index (χ0) is 16.7. The molecule has 0 unspecified atom stereocenters. The molecule has 0 aliphatic heterocycles. The first-order chi connectivity index (χ1) is 11.6. The molecule has 0 spiro atoms. The fourth-order valence-electron chi connectivity index (χ4n) is 3.16. The number of aromatic nitrogens is 2. The second-order valence-corrected chi connectivity index (χ2v) is 6.87. The number of hydrogen-bond acceptors (Lipinski definition) is 4. The molecule has 4 rings (SSSR count). The van der Waals surface area contributed by atoms with Gasteiger partial charge in [0.25, 0.3) is 0 Å². The molecular formula is C18H16FN3OS. The summed E-state index contributed by atoms with van der Waals surface area (Å²) in [5.41, 5.74) is 3.19. The zero-order valence-electron chi connectivity index (χ0n) is 13.2. The number of hydrogen-bond donors (Lipinski definition) is 0. The highest BCUT2D eigenvalue weighted by molar-refractivity contribution is 7.00. The van der Waals surface area contributed by atoms with Gasteiger partial charge in [0.15, 0.2) is 0 Å². The van der Waals surface area contributed by atoms with E-state index >= 15 is 0 Å². The third-order valence-corrected chi connectivity index (χ3v) is 5.20. The predicted molar refractivity (Wildman–Crippen MR) is 91.2 cm³/mol. The first-order valence-corrected chi connectivity index (χ1v) is 8.54. The van der Waals surface area contributed by atoms with Gasteiger partial charge >= 0.3 is 0 Å². The number of nitrogens with zero attached hydrogens (tertiary/aromatic N) is 3. The van der Waals surface area contributed by atoms with Crippen LogP contribution in [0.25, 0.3) is 11.0 Å². The average molecular weight is 341 g/mol. The van der Waals surface area contributed by atoms with E-state index in [1.54, 1.807) is 17.0 Å². The molecule has 24 heavy (non-hydrogen) atoms. The molecular weight excluding hydrogens is 325 g/mol. The van der Waals surface area contributed by atoms with E-state index in [-0.39, 0.29) is 11.7 Å². The van der Waals surface area contributed by atoms with Crippen LogP contribution in [-0.4, -0.2) is 26.6 Å². The summed E-state index contributed by atoms with van der Waals surface area (Å²) in [7, 11) is 1.81. The lowest BCUT2D eigenvalue weighted by Gasteiger charge is -2.24. The van der Waals surface area contributed by atoms with Crippen LogP contribution in [0.5, 0.6) is 0 Å². The number of rotatable bonds is 4. The Labute approximate surface area is 143 Å². The average Bonchev–Trinajstić information content (AvgIpc) is 3.26. The minimum atomic E-state index is -0.477. The molecule has 0 bridgehead atoms. The van der Waals surface area contributed by atoms with Crippen molar-refractivity contribution in [3.63, 3.8) is 0 Å². The summed E-state index contributed by atoms with van der Waals surface area (Å²) in [6.07, 6.45) is 1.63. The molecule has 2 aromatic carbocycles. The third-order valence-electron chi connectivity index (χ3n) is 4.64. The number of benzene rings is 2. The van der Waals surface area contributed by atoms with Gasteiger partial charge in [-0.05, 0) is 48.2 Å². The highest BCUT2D eigenvalue weighted by atomic mass is 32.1. The summed E-state index contributed by atoms with van der Waals surface area (Å²) in [4.78, 5) is 14.7. The fraction of sp³-hybridized carbons (Fsp3) is 0.278. The van der Waals surface area contributed by atoms with E-state index in [1.165, 1.54) is 23.9 Å². The van der Waals surface area contributed by atoms with Crippen molar-refractivity contribution in [2.45, 2.75) is 24.8 Å². The van der Waals surface area contributed by atoms with E-state index in [4.69, 9.17) is 0 Å². The van der Waals surface area contributed by atoms with Crippen molar-refractivity contribution in [1.29, 1.82) is 0 Å². The molecule has 3 aromatic rings. The summed E-state index contributed by atoms with van der Waals surface area (Å²) in [6, 6.07) is 12.2. The Kier molecular flexibility index (Phi) is 3.57. The van der Waals surface area contributed by atoms with Crippen LogP contribution in [0.2, 0.25) is 0 Å². The second kappa shape index (κ2) is 5.63. The van der Waals surface area contributed by atoms with Crippen LogP contribution in [0.3, 0.4) is 0 Å². The fourth-order valence-corrected chi connectivity index (χ4v) is 3.67. The maximum atomic E-state index is 13.1. The van der Waals surface area contributed by atoms with Crippen molar-refractivity contribution < 1.29 is 9.18 Å². The van der Waals surface area contributed by atoms with Gasteiger partial charge in [-0.2, -0.15) is 8.75 Å². The van der Waals surface area contributed by atoms with Crippen LogP contribution in [-0.2, 0) is 16.8 Å². The monoisotopic (exact) mass is 341 g/mol. The number of likely N-dealkylation sites (N-methyl/N-ethyl adjacent to an activating group) is 1. The van der Waals surface area contributed by atoms with Crippen LogP contribution in [0.4, 0.5) is 4.39 Å². The first-order valence-electron chi connectivity index (χ1n) is 7.81. The highest BCUT2D eigenvalue weighted by Crippen LogP contribution is 2.49. The van der Waals surface area contributed by atoms with Crippen molar-refractivity contribution in [3.8, 4) is 0 Å². The number of halogens is 1. The van der Waals surface area contributed by atoms with Gasteiger partial charge in [0.05, 0.1) is 17.1 Å². The van der Waals surface area contributed by atoms with E-state index in [2.05, 4.69) is 8.75 Å². The quantitative estimate of drug-likeness (QED) is 0.729. The highest BCUT2D eigenvalue weighted by Gasteiger charge is 2.52. The number of carbonyl (C=O) groups excluding carboxylic acids is 1. The molecule has 6 heteroatoms. The molecule has 1 heterocycles.